The van der Waals surface area contributed by atoms with E-state index in [1.54, 1.807) is 4.57 Å². The van der Waals surface area contributed by atoms with Crippen molar-refractivity contribution in [1.82, 2.24) is 9.55 Å². The van der Waals surface area contributed by atoms with Crippen LogP contribution >= 0.6 is 0 Å². The summed E-state index contributed by atoms with van der Waals surface area (Å²) in [7, 11) is 0. The molecule has 1 saturated carbocycles. The number of nitrogens with zero attached hydrogens (tertiary/aromatic N) is 2. The van der Waals surface area contributed by atoms with Crippen LogP contribution in [0.2, 0.25) is 0 Å². The fourth-order valence-electron chi connectivity index (χ4n) is 2.03. The maximum atomic E-state index is 11.4. The first kappa shape index (κ1) is 10.1. The van der Waals surface area contributed by atoms with E-state index in [-0.39, 0.29) is 11.5 Å². The van der Waals surface area contributed by atoms with E-state index in [4.69, 9.17) is 0 Å². The van der Waals surface area contributed by atoms with E-state index in [0.717, 1.165) is 19.3 Å². The standard InChI is InChI=1S/C11H14N2O2/c14-10-3-1-2-9(10)5-7-13-8-12-6-4-11(13)15/h4,6,8-9H,1-3,5,7H2. The molecule has 0 aromatic carbocycles. The average Bonchev–Trinajstić information content (AvgIpc) is 2.63. The summed E-state index contributed by atoms with van der Waals surface area (Å²) in [5, 5.41) is 0. The van der Waals surface area contributed by atoms with Gasteiger partial charge in [-0.3, -0.25) is 14.2 Å². The number of hydrogen-bond donors (Lipinski definition) is 0. The molecule has 0 spiro atoms. The van der Waals surface area contributed by atoms with Crippen molar-refractivity contribution in [2.45, 2.75) is 32.2 Å². The molecular weight excluding hydrogens is 192 g/mol. The van der Waals surface area contributed by atoms with Crippen LogP contribution in [0, 0.1) is 5.92 Å². The zero-order valence-electron chi connectivity index (χ0n) is 8.56. The van der Waals surface area contributed by atoms with Crippen LogP contribution in [0.3, 0.4) is 0 Å². The van der Waals surface area contributed by atoms with Gasteiger partial charge in [-0.2, -0.15) is 0 Å². The van der Waals surface area contributed by atoms with Crippen LogP contribution in [0.25, 0.3) is 0 Å². The van der Waals surface area contributed by atoms with Crippen molar-refractivity contribution in [3.63, 3.8) is 0 Å². The van der Waals surface area contributed by atoms with Gasteiger partial charge in [-0.15, -0.1) is 0 Å². The molecule has 0 saturated heterocycles. The SMILES string of the molecule is O=C1CCCC1CCn1cnccc1=O. The third-order valence-electron chi connectivity index (χ3n) is 2.94. The molecule has 1 aliphatic rings. The van der Waals surface area contributed by atoms with Crippen molar-refractivity contribution < 1.29 is 4.79 Å². The van der Waals surface area contributed by atoms with Gasteiger partial charge in [0.2, 0.25) is 0 Å². The molecular formula is C11H14N2O2. The second-order valence-corrected chi connectivity index (χ2v) is 3.96. The smallest absolute Gasteiger partial charge is 0.253 e. The summed E-state index contributed by atoms with van der Waals surface area (Å²) < 4.78 is 1.56. The van der Waals surface area contributed by atoms with Gasteiger partial charge in [-0.25, -0.2) is 4.98 Å². The molecule has 4 heteroatoms. The van der Waals surface area contributed by atoms with Gasteiger partial charge in [0.25, 0.3) is 5.56 Å². The quantitative estimate of drug-likeness (QED) is 0.741. The number of carbonyl (C=O) groups excluding carboxylic acids is 1. The van der Waals surface area contributed by atoms with Crippen LogP contribution in [0.5, 0.6) is 0 Å². The molecule has 15 heavy (non-hydrogen) atoms. The molecule has 0 amide bonds. The lowest BCUT2D eigenvalue weighted by Crippen LogP contribution is -2.21. The summed E-state index contributed by atoms with van der Waals surface area (Å²) in [6.45, 7) is 0.600. The molecule has 1 unspecified atom stereocenters. The van der Waals surface area contributed by atoms with Gasteiger partial charge < -0.3 is 0 Å². The fraction of sp³-hybridized carbons (Fsp3) is 0.545. The molecule has 0 aliphatic heterocycles. The van der Waals surface area contributed by atoms with Crippen molar-refractivity contribution in [2.75, 3.05) is 0 Å². The largest absolute Gasteiger partial charge is 0.299 e. The summed E-state index contributed by atoms with van der Waals surface area (Å²) in [5.41, 5.74) is -0.0459. The number of aryl methyl sites for hydroxylation is 1. The Labute approximate surface area is 88.0 Å². The van der Waals surface area contributed by atoms with E-state index in [9.17, 15) is 9.59 Å². The van der Waals surface area contributed by atoms with Gasteiger partial charge >= 0.3 is 0 Å². The molecule has 1 atom stereocenters. The Balaban J connectivity index is 1.96. The van der Waals surface area contributed by atoms with Crippen LogP contribution in [-0.4, -0.2) is 15.3 Å². The van der Waals surface area contributed by atoms with Crippen LogP contribution in [-0.2, 0) is 11.3 Å². The van der Waals surface area contributed by atoms with Crippen molar-refractivity contribution in [3.05, 3.63) is 28.9 Å². The Kier molecular flexibility index (Phi) is 2.94. The summed E-state index contributed by atoms with van der Waals surface area (Å²) in [6, 6.07) is 1.44. The molecule has 2 rings (SSSR count). The van der Waals surface area contributed by atoms with Crippen molar-refractivity contribution in [2.24, 2.45) is 5.92 Å². The Bertz CT molecular complexity index is 411. The first-order valence-corrected chi connectivity index (χ1v) is 5.30. The highest BCUT2D eigenvalue weighted by Gasteiger charge is 2.23. The first-order chi connectivity index (χ1) is 7.27. The maximum absolute atomic E-state index is 11.4. The van der Waals surface area contributed by atoms with Crippen LogP contribution in [0.4, 0.5) is 0 Å². The minimum absolute atomic E-state index is 0.0459. The van der Waals surface area contributed by atoms with Gasteiger partial charge in [0, 0.05) is 31.1 Å². The monoisotopic (exact) mass is 206 g/mol. The van der Waals surface area contributed by atoms with Crippen LogP contribution < -0.4 is 5.56 Å². The number of aromatic nitrogens is 2. The Morgan fingerprint density at radius 3 is 3.00 bits per heavy atom. The van der Waals surface area contributed by atoms with Crippen molar-refractivity contribution in [3.8, 4) is 0 Å². The molecule has 0 N–H and O–H groups in total. The van der Waals surface area contributed by atoms with Gasteiger partial charge in [0.15, 0.2) is 0 Å². The summed E-state index contributed by atoms with van der Waals surface area (Å²) in [4.78, 5) is 26.6. The molecule has 0 bridgehead atoms. The summed E-state index contributed by atoms with van der Waals surface area (Å²) in [5.74, 6) is 0.518. The highest BCUT2D eigenvalue weighted by atomic mass is 16.1. The Morgan fingerprint density at radius 2 is 2.33 bits per heavy atom. The van der Waals surface area contributed by atoms with Crippen LogP contribution in [0.1, 0.15) is 25.7 Å². The van der Waals surface area contributed by atoms with E-state index in [0.29, 0.717) is 18.7 Å². The molecule has 1 aromatic heterocycles. The van der Waals surface area contributed by atoms with Gasteiger partial charge in [0.1, 0.15) is 5.78 Å². The zero-order chi connectivity index (χ0) is 10.7. The molecule has 4 nitrogen and oxygen atoms in total. The normalized spacial score (nSPS) is 20.8. The predicted molar refractivity (Wildman–Crippen MR) is 55.5 cm³/mol. The zero-order valence-corrected chi connectivity index (χ0v) is 8.56. The van der Waals surface area contributed by atoms with Gasteiger partial charge in [-0.1, -0.05) is 0 Å². The highest BCUT2D eigenvalue weighted by Crippen LogP contribution is 2.24. The van der Waals surface area contributed by atoms with Gasteiger partial charge in [-0.05, 0) is 19.3 Å². The number of Topliss-reactive ketones (excluding diaryl/α,β-unsaturated/α-hetero) is 1. The lowest BCUT2D eigenvalue weighted by atomic mass is 10.0. The van der Waals surface area contributed by atoms with E-state index in [2.05, 4.69) is 4.98 Å². The molecule has 1 aromatic rings. The molecule has 1 heterocycles. The van der Waals surface area contributed by atoms with E-state index >= 15 is 0 Å². The highest BCUT2D eigenvalue weighted by molar-refractivity contribution is 5.82. The Morgan fingerprint density at radius 1 is 1.47 bits per heavy atom. The first-order valence-electron chi connectivity index (χ1n) is 5.30. The van der Waals surface area contributed by atoms with Gasteiger partial charge in [0.05, 0.1) is 6.33 Å². The number of ketones is 1. The Hall–Kier alpha value is -1.45. The minimum Gasteiger partial charge on any atom is -0.299 e. The minimum atomic E-state index is -0.0459. The van der Waals surface area contributed by atoms with Crippen molar-refractivity contribution in [1.29, 1.82) is 0 Å². The predicted octanol–water partition coefficient (Wildman–Crippen LogP) is 1.00. The molecule has 1 fully saturated rings. The maximum Gasteiger partial charge on any atom is 0.253 e. The van der Waals surface area contributed by atoms with E-state index in [1.807, 2.05) is 0 Å². The number of carbonyl (C=O) groups is 1. The number of hydrogen-bond acceptors (Lipinski definition) is 3. The summed E-state index contributed by atoms with van der Waals surface area (Å²) >= 11 is 0. The molecule has 0 radical (unpaired) electrons. The summed E-state index contributed by atoms with van der Waals surface area (Å²) in [6.07, 6.45) is 6.48. The second kappa shape index (κ2) is 4.38. The van der Waals surface area contributed by atoms with E-state index < -0.39 is 0 Å². The topological polar surface area (TPSA) is 52.0 Å². The molecule has 1 aliphatic carbocycles. The van der Waals surface area contributed by atoms with Crippen molar-refractivity contribution >= 4 is 5.78 Å². The lowest BCUT2D eigenvalue weighted by molar-refractivity contribution is -0.120. The lowest BCUT2D eigenvalue weighted by Gasteiger charge is -2.08. The van der Waals surface area contributed by atoms with E-state index in [1.165, 1.54) is 18.6 Å². The third kappa shape index (κ3) is 2.32. The fourth-order valence-corrected chi connectivity index (χ4v) is 2.03. The number of rotatable bonds is 3. The van der Waals surface area contributed by atoms with Crippen LogP contribution in [0.15, 0.2) is 23.4 Å². The molecule has 80 valence electrons. The second-order valence-electron chi connectivity index (χ2n) is 3.96. The average molecular weight is 206 g/mol. The third-order valence-corrected chi connectivity index (χ3v) is 2.94.